The number of hydrogen-bond donors (Lipinski definition) is 1. The van der Waals surface area contributed by atoms with E-state index < -0.39 is 18.1 Å². The number of nitrogens with one attached hydrogen (secondary N) is 1. The minimum atomic E-state index is -0.525. The number of aryl methyl sites for hydroxylation is 1. The Hall–Kier alpha value is -4.05. The molecule has 2 aromatic carbocycles. The van der Waals surface area contributed by atoms with Gasteiger partial charge in [0.2, 0.25) is 12.7 Å². The first kappa shape index (κ1) is 30.0. The van der Waals surface area contributed by atoms with Gasteiger partial charge in [-0.15, -0.1) is 0 Å². The minimum Gasteiger partial charge on any atom is -0.493 e. The van der Waals surface area contributed by atoms with Crippen molar-refractivity contribution in [2.24, 2.45) is 0 Å². The summed E-state index contributed by atoms with van der Waals surface area (Å²) in [5.41, 5.74) is 5.24. The van der Waals surface area contributed by atoms with Crippen molar-refractivity contribution in [2.45, 2.75) is 70.7 Å². The normalized spacial score (nSPS) is 24.8. The summed E-state index contributed by atoms with van der Waals surface area (Å²) in [6.07, 6.45) is 1.05. The largest absolute Gasteiger partial charge is 0.493 e. The molecule has 12 nitrogen and oxygen atoms in total. The maximum atomic E-state index is 12.4. The van der Waals surface area contributed by atoms with Gasteiger partial charge in [0.25, 0.3) is 0 Å². The fourth-order valence-corrected chi connectivity index (χ4v) is 7.79. The number of nitrogens with zero attached hydrogens (tertiary/aromatic N) is 3. The average molecular weight is 607 g/mol. The highest BCUT2D eigenvalue weighted by Crippen LogP contribution is 2.58. The number of esters is 1. The molecular weight excluding hydrogens is 568 g/mol. The highest BCUT2D eigenvalue weighted by Gasteiger charge is 2.57. The summed E-state index contributed by atoms with van der Waals surface area (Å²) >= 11 is 0. The number of likely N-dealkylation sites (N-methyl/N-ethyl adjacent to an activating group) is 1. The van der Waals surface area contributed by atoms with E-state index in [0.29, 0.717) is 47.2 Å². The van der Waals surface area contributed by atoms with Crippen LogP contribution in [0.3, 0.4) is 0 Å². The monoisotopic (exact) mass is 606 g/mol. The van der Waals surface area contributed by atoms with Gasteiger partial charge in [-0.1, -0.05) is 6.07 Å². The van der Waals surface area contributed by atoms with E-state index in [0.717, 1.165) is 27.8 Å². The molecule has 2 aromatic rings. The number of fused-ring (bicyclic) bond motifs is 9. The van der Waals surface area contributed by atoms with Crippen molar-refractivity contribution in [1.82, 2.24) is 15.1 Å². The SMILES string of the molecule is COCOc1c(OC)c(C)cc2c1C1C3Cc4c(OC(C)=O)c(C)c5c(c4[C@H](CNC(C)=O)N3[C@@H](C#N)[C@@H](C2)N1C)OCO5. The molecule has 0 radical (unpaired) electrons. The molecule has 234 valence electrons. The molecule has 1 fully saturated rings. The van der Waals surface area contributed by atoms with Crippen LogP contribution < -0.4 is 29.0 Å². The van der Waals surface area contributed by atoms with Gasteiger partial charge in [-0.2, -0.15) is 5.26 Å². The standard InChI is InChI=1S/C32H38N4O8/c1-15-8-19-9-21-23(11-33)36-22(27(35(21)5)25(19)31(28(15)40-7)41-13-39-6)10-20-26(24(36)12-34-17(3)37)32-30(42-14-43-32)16(2)29(20)44-18(4)38/h8,21-24,27H,9-10,12-14H2,1-7H3,(H,34,37)/t21-,22?,23+,24+,27?/m1/s1. The Morgan fingerprint density at radius 3 is 2.48 bits per heavy atom. The molecule has 0 aliphatic carbocycles. The molecule has 0 aromatic heterocycles. The van der Waals surface area contributed by atoms with Gasteiger partial charge in [0.05, 0.1) is 25.3 Å². The zero-order valence-corrected chi connectivity index (χ0v) is 26.1. The van der Waals surface area contributed by atoms with Gasteiger partial charge in [0, 0.05) is 61.8 Å². The Kier molecular flexibility index (Phi) is 7.82. The lowest BCUT2D eigenvalue weighted by molar-refractivity contribution is -0.132. The number of carbonyl (C=O) groups excluding carboxylic acids is 2. The van der Waals surface area contributed by atoms with Crippen LogP contribution in [0.2, 0.25) is 0 Å². The van der Waals surface area contributed by atoms with Crippen LogP contribution in [0.25, 0.3) is 0 Å². The second kappa shape index (κ2) is 11.5. The lowest BCUT2D eigenvalue weighted by atomic mass is 9.71. The number of rotatable bonds is 7. The molecule has 5 atom stereocenters. The molecular formula is C32H38N4O8. The summed E-state index contributed by atoms with van der Waals surface area (Å²) in [5, 5.41) is 13.8. The van der Waals surface area contributed by atoms with E-state index in [-0.39, 0.29) is 44.2 Å². The molecule has 12 heteroatoms. The summed E-state index contributed by atoms with van der Waals surface area (Å²) in [5.74, 6) is 2.09. The number of hydrogen-bond acceptors (Lipinski definition) is 11. The van der Waals surface area contributed by atoms with Crippen LogP contribution in [-0.4, -0.2) is 81.2 Å². The number of amides is 1. The predicted molar refractivity (Wildman–Crippen MR) is 157 cm³/mol. The van der Waals surface area contributed by atoms with E-state index in [9.17, 15) is 14.9 Å². The lowest BCUT2D eigenvalue weighted by Crippen LogP contribution is -2.68. The molecule has 4 aliphatic heterocycles. The second-order valence-corrected chi connectivity index (χ2v) is 11.8. The summed E-state index contributed by atoms with van der Waals surface area (Å²) in [6, 6.07) is 3.08. The number of nitriles is 1. The van der Waals surface area contributed by atoms with Gasteiger partial charge in [-0.3, -0.25) is 19.4 Å². The van der Waals surface area contributed by atoms with Crippen LogP contribution in [0.4, 0.5) is 0 Å². The molecule has 4 aliphatic rings. The Morgan fingerprint density at radius 2 is 1.82 bits per heavy atom. The van der Waals surface area contributed by atoms with Gasteiger partial charge in [-0.25, -0.2) is 0 Å². The molecule has 2 bridgehead atoms. The smallest absolute Gasteiger partial charge is 0.308 e. The Balaban J connectivity index is 1.62. The number of benzene rings is 2. The van der Waals surface area contributed by atoms with Crippen LogP contribution in [0.1, 0.15) is 59.3 Å². The molecule has 44 heavy (non-hydrogen) atoms. The maximum absolute atomic E-state index is 12.4. The topological polar surface area (TPSA) is 132 Å². The van der Waals surface area contributed by atoms with E-state index in [1.807, 2.05) is 20.9 Å². The lowest BCUT2D eigenvalue weighted by Gasteiger charge is -2.60. The van der Waals surface area contributed by atoms with Crippen molar-refractivity contribution in [3.05, 3.63) is 39.4 Å². The summed E-state index contributed by atoms with van der Waals surface area (Å²) in [4.78, 5) is 29.2. The van der Waals surface area contributed by atoms with Crippen molar-refractivity contribution >= 4 is 11.9 Å². The van der Waals surface area contributed by atoms with Gasteiger partial charge < -0.3 is 33.7 Å². The molecule has 1 N–H and O–H groups in total. The molecule has 0 saturated carbocycles. The van der Waals surface area contributed by atoms with Crippen LogP contribution in [0.15, 0.2) is 6.07 Å². The first-order valence-electron chi connectivity index (χ1n) is 14.7. The summed E-state index contributed by atoms with van der Waals surface area (Å²) in [6.45, 7) is 6.95. The van der Waals surface area contributed by atoms with Crippen molar-refractivity contribution in [1.29, 1.82) is 5.26 Å². The quantitative estimate of drug-likeness (QED) is 0.284. The summed E-state index contributed by atoms with van der Waals surface area (Å²) < 4.78 is 35.2. The van der Waals surface area contributed by atoms with E-state index in [2.05, 4.69) is 27.3 Å². The number of methoxy groups -OCH3 is 2. The zero-order valence-electron chi connectivity index (χ0n) is 26.1. The molecule has 2 unspecified atom stereocenters. The second-order valence-electron chi connectivity index (χ2n) is 11.8. The first-order valence-corrected chi connectivity index (χ1v) is 14.7. The predicted octanol–water partition coefficient (Wildman–Crippen LogP) is 2.86. The van der Waals surface area contributed by atoms with Crippen molar-refractivity contribution in [3.63, 3.8) is 0 Å². The Bertz CT molecular complexity index is 1570. The van der Waals surface area contributed by atoms with Crippen LogP contribution in [-0.2, 0) is 27.2 Å². The zero-order chi connectivity index (χ0) is 31.4. The average Bonchev–Trinajstić information content (AvgIpc) is 3.47. The van der Waals surface area contributed by atoms with Crippen LogP contribution >= 0.6 is 0 Å². The number of piperazine rings is 1. The highest BCUT2D eigenvalue weighted by molar-refractivity contribution is 5.75. The molecule has 4 heterocycles. The minimum absolute atomic E-state index is 0.0187. The molecule has 6 rings (SSSR count). The highest BCUT2D eigenvalue weighted by atomic mass is 16.7. The number of ether oxygens (including phenoxy) is 6. The maximum Gasteiger partial charge on any atom is 0.308 e. The molecule has 0 spiro atoms. The fraction of sp³-hybridized carbons (Fsp3) is 0.531. The van der Waals surface area contributed by atoms with E-state index in [4.69, 9.17) is 28.4 Å². The first-order chi connectivity index (χ1) is 21.1. The van der Waals surface area contributed by atoms with Crippen molar-refractivity contribution in [2.75, 3.05) is 41.4 Å². The van der Waals surface area contributed by atoms with Crippen LogP contribution in [0, 0.1) is 25.2 Å². The van der Waals surface area contributed by atoms with E-state index in [1.165, 1.54) is 13.8 Å². The van der Waals surface area contributed by atoms with E-state index in [1.54, 1.807) is 14.2 Å². The third kappa shape index (κ3) is 4.53. The van der Waals surface area contributed by atoms with Gasteiger partial charge >= 0.3 is 5.97 Å². The van der Waals surface area contributed by atoms with Crippen molar-refractivity contribution < 1.29 is 38.0 Å². The van der Waals surface area contributed by atoms with Gasteiger partial charge in [0.15, 0.2) is 29.8 Å². The molecule has 1 amide bonds. The van der Waals surface area contributed by atoms with E-state index >= 15 is 0 Å². The van der Waals surface area contributed by atoms with Crippen molar-refractivity contribution in [3.8, 4) is 34.8 Å². The third-order valence-electron chi connectivity index (χ3n) is 9.36. The molecule has 1 saturated heterocycles. The van der Waals surface area contributed by atoms with Gasteiger partial charge in [-0.05, 0) is 44.9 Å². The summed E-state index contributed by atoms with van der Waals surface area (Å²) in [7, 11) is 5.24. The Labute approximate surface area is 256 Å². The Morgan fingerprint density at radius 1 is 1.07 bits per heavy atom. The number of carbonyl (C=O) groups is 2. The fourth-order valence-electron chi connectivity index (χ4n) is 7.79. The van der Waals surface area contributed by atoms with Crippen LogP contribution in [0.5, 0.6) is 28.7 Å². The third-order valence-corrected chi connectivity index (χ3v) is 9.36. The van der Waals surface area contributed by atoms with Gasteiger partial charge in [0.1, 0.15) is 11.8 Å².